The topological polar surface area (TPSA) is 107 Å². The molecule has 1 aromatic carbocycles. The summed E-state index contributed by atoms with van der Waals surface area (Å²) in [5, 5.41) is -4.67. The Bertz CT molecular complexity index is 790. The van der Waals surface area contributed by atoms with Crippen molar-refractivity contribution in [3.63, 3.8) is 0 Å². The maximum Gasteiger partial charge on any atom is 0.402 e. The van der Waals surface area contributed by atoms with Crippen LogP contribution in [-0.2, 0) is 19.6 Å². The first kappa shape index (κ1) is 20.4. The van der Waals surface area contributed by atoms with Gasteiger partial charge in [-0.05, 0) is 47.7 Å². The van der Waals surface area contributed by atoms with Crippen LogP contribution in [0.2, 0.25) is 0 Å². The fourth-order valence-corrected chi connectivity index (χ4v) is 1.91. The van der Waals surface area contributed by atoms with Crippen LogP contribution >= 0.6 is 22.6 Å². The molecule has 0 amide bonds. The number of carbonyl (C=O) groups excluding carboxylic acids is 2. The van der Waals surface area contributed by atoms with E-state index < -0.39 is 33.9 Å². The van der Waals surface area contributed by atoms with E-state index in [0.717, 1.165) is 6.07 Å². The molecule has 132 valence electrons. The van der Waals surface area contributed by atoms with Gasteiger partial charge in [-0.15, -0.1) is 0 Å². The summed E-state index contributed by atoms with van der Waals surface area (Å²) in [6.45, 7) is 2.82. The minimum Gasteiger partial charge on any atom is -0.454 e. The highest BCUT2D eigenvalue weighted by Gasteiger charge is 2.45. The van der Waals surface area contributed by atoms with E-state index in [9.17, 15) is 26.8 Å². The molecule has 0 bridgehead atoms. The Balaban J connectivity index is 3.03. The first-order valence-corrected chi connectivity index (χ1v) is 8.56. The van der Waals surface area contributed by atoms with E-state index in [1.807, 2.05) is 22.6 Å². The fourth-order valence-electron chi connectivity index (χ4n) is 1.24. The van der Waals surface area contributed by atoms with Gasteiger partial charge in [-0.1, -0.05) is 6.58 Å². The van der Waals surface area contributed by atoms with E-state index in [-0.39, 0.29) is 16.9 Å². The lowest BCUT2D eigenvalue weighted by Gasteiger charge is -2.14. The quantitative estimate of drug-likeness (QED) is 0.221. The van der Waals surface area contributed by atoms with Crippen LogP contribution in [0.4, 0.5) is 8.78 Å². The molecular weight excluding hydrogens is 465 g/mol. The highest BCUT2D eigenvalue weighted by molar-refractivity contribution is 14.1. The Kier molecular flexibility index (Phi) is 6.41. The van der Waals surface area contributed by atoms with Crippen LogP contribution in [0, 0.1) is 3.57 Å². The number of alkyl halides is 2. The molecule has 11 heteroatoms. The average molecular weight is 476 g/mol. The number of carbonyl (C=O) groups is 2. The summed E-state index contributed by atoms with van der Waals surface area (Å²) < 4.78 is 65.1. The van der Waals surface area contributed by atoms with Gasteiger partial charge in [0.05, 0.1) is 0 Å². The summed E-state index contributed by atoms with van der Waals surface area (Å²) in [6, 6.07) is 3.84. The average Bonchev–Trinajstić information content (AvgIpc) is 2.43. The van der Waals surface area contributed by atoms with Crippen LogP contribution in [-0.4, -0.2) is 36.8 Å². The zero-order valence-corrected chi connectivity index (χ0v) is 15.1. The molecule has 24 heavy (non-hydrogen) atoms. The van der Waals surface area contributed by atoms with Crippen molar-refractivity contribution in [2.45, 2.75) is 12.2 Å². The Hall–Kier alpha value is -1.60. The van der Waals surface area contributed by atoms with E-state index in [1.54, 1.807) is 0 Å². The summed E-state index contributed by atoms with van der Waals surface area (Å²) >= 11 is 1.86. The van der Waals surface area contributed by atoms with Gasteiger partial charge < -0.3 is 9.47 Å². The van der Waals surface area contributed by atoms with Crippen LogP contribution in [0.25, 0.3) is 0 Å². The molecule has 0 unspecified atom stereocenters. The van der Waals surface area contributed by atoms with E-state index >= 15 is 0 Å². The van der Waals surface area contributed by atoms with Crippen molar-refractivity contribution < 1.29 is 40.8 Å². The zero-order chi connectivity index (χ0) is 18.7. The molecule has 0 aromatic heterocycles. The molecule has 1 N–H and O–H groups in total. The van der Waals surface area contributed by atoms with E-state index in [1.165, 1.54) is 19.1 Å². The van der Waals surface area contributed by atoms with E-state index in [0.29, 0.717) is 3.57 Å². The van der Waals surface area contributed by atoms with Crippen molar-refractivity contribution in [1.29, 1.82) is 0 Å². The Labute approximate surface area is 149 Å². The molecule has 7 nitrogen and oxygen atoms in total. The number of halogens is 3. The van der Waals surface area contributed by atoms with Gasteiger partial charge in [0.2, 0.25) is 0 Å². The molecule has 0 atom stereocenters. The first-order chi connectivity index (χ1) is 10.8. The SMILES string of the molecule is C=C(C)C(=O)Oc1cc(I)ccc1C(=O)OCC(F)(F)S(=O)(=O)O. The molecule has 0 spiro atoms. The van der Waals surface area contributed by atoms with Crippen molar-refractivity contribution in [2.24, 2.45) is 0 Å². The molecular formula is C13H11F2IO7S. The summed E-state index contributed by atoms with van der Waals surface area (Å²) in [6.07, 6.45) is 0. The maximum absolute atomic E-state index is 13.1. The molecule has 0 aliphatic rings. The lowest BCUT2D eigenvalue weighted by molar-refractivity contribution is -0.130. The monoisotopic (exact) mass is 476 g/mol. The third-order valence-electron chi connectivity index (χ3n) is 2.46. The number of ether oxygens (including phenoxy) is 2. The molecule has 0 aliphatic carbocycles. The molecule has 0 aliphatic heterocycles. The number of hydrogen-bond donors (Lipinski definition) is 1. The van der Waals surface area contributed by atoms with Crippen LogP contribution < -0.4 is 4.74 Å². The zero-order valence-electron chi connectivity index (χ0n) is 12.1. The van der Waals surface area contributed by atoms with Crippen molar-refractivity contribution >= 4 is 44.6 Å². The molecule has 0 saturated carbocycles. The van der Waals surface area contributed by atoms with Gasteiger partial charge in [-0.3, -0.25) is 4.55 Å². The van der Waals surface area contributed by atoms with Crippen LogP contribution in [0.3, 0.4) is 0 Å². The molecule has 1 aromatic rings. The van der Waals surface area contributed by atoms with Gasteiger partial charge in [0.25, 0.3) is 0 Å². The van der Waals surface area contributed by atoms with Crippen LogP contribution in [0.1, 0.15) is 17.3 Å². The third kappa shape index (κ3) is 5.21. The second-order valence-corrected chi connectivity index (χ2v) is 7.29. The van der Waals surface area contributed by atoms with Crippen molar-refractivity contribution in [3.05, 3.63) is 39.5 Å². The molecule has 0 fully saturated rings. The van der Waals surface area contributed by atoms with Crippen molar-refractivity contribution in [1.82, 2.24) is 0 Å². The van der Waals surface area contributed by atoms with Gasteiger partial charge >= 0.3 is 27.3 Å². The minimum absolute atomic E-state index is 0.0334. The predicted molar refractivity (Wildman–Crippen MR) is 86.4 cm³/mol. The summed E-state index contributed by atoms with van der Waals surface area (Å²) in [5.74, 6) is -2.48. The lowest BCUT2D eigenvalue weighted by atomic mass is 10.2. The van der Waals surface area contributed by atoms with Crippen LogP contribution in [0.15, 0.2) is 30.4 Å². The standard InChI is InChI=1S/C13H11F2IO7S/c1-7(2)11(17)23-10-5-8(16)3-4-9(10)12(18)22-6-13(14,15)24(19,20)21/h3-5H,1,6H2,2H3,(H,19,20,21). The largest absolute Gasteiger partial charge is 0.454 e. The second-order valence-electron chi connectivity index (χ2n) is 4.50. The summed E-state index contributed by atoms with van der Waals surface area (Å²) in [5.41, 5.74) is -0.345. The second kappa shape index (κ2) is 7.53. The summed E-state index contributed by atoms with van der Waals surface area (Å²) in [7, 11) is -5.74. The Morgan fingerprint density at radius 3 is 2.46 bits per heavy atom. The number of esters is 2. The highest BCUT2D eigenvalue weighted by Crippen LogP contribution is 2.25. The fraction of sp³-hybridized carbons (Fsp3) is 0.231. The normalized spacial score (nSPS) is 11.7. The van der Waals surface area contributed by atoms with Crippen molar-refractivity contribution in [2.75, 3.05) is 6.61 Å². The van der Waals surface area contributed by atoms with Gasteiger partial charge in [0.15, 0.2) is 6.61 Å². The highest BCUT2D eigenvalue weighted by atomic mass is 127. The lowest BCUT2D eigenvalue weighted by Crippen LogP contribution is -2.34. The van der Waals surface area contributed by atoms with E-state index in [4.69, 9.17) is 9.29 Å². The third-order valence-corrected chi connectivity index (χ3v) is 4.01. The smallest absolute Gasteiger partial charge is 0.402 e. The molecule has 0 radical (unpaired) electrons. The van der Waals surface area contributed by atoms with E-state index in [2.05, 4.69) is 11.3 Å². The van der Waals surface area contributed by atoms with Gasteiger partial charge in [0.1, 0.15) is 11.3 Å². The maximum atomic E-state index is 13.1. The molecule has 0 heterocycles. The minimum atomic E-state index is -5.74. The van der Waals surface area contributed by atoms with Crippen LogP contribution in [0.5, 0.6) is 5.75 Å². The number of hydrogen-bond acceptors (Lipinski definition) is 6. The molecule has 1 rings (SSSR count). The first-order valence-electron chi connectivity index (χ1n) is 6.04. The van der Waals surface area contributed by atoms with Gasteiger partial charge in [-0.25, -0.2) is 9.59 Å². The number of benzene rings is 1. The van der Waals surface area contributed by atoms with Crippen molar-refractivity contribution in [3.8, 4) is 5.75 Å². The summed E-state index contributed by atoms with van der Waals surface area (Å²) in [4.78, 5) is 23.4. The van der Waals surface area contributed by atoms with Gasteiger partial charge in [-0.2, -0.15) is 17.2 Å². The Morgan fingerprint density at radius 2 is 1.96 bits per heavy atom. The number of rotatable bonds is 6. The van der Waals surface area contributed by atoms with Gasteiger partial charge in [0, 0.05) is 9.14 Å². The predicted octanol–water partition coefficient (Wildman–Crippen LogP) is 2.41. The Morgan fingerprint density at radius 1 is 1.38 bits per heavy atom. The molecule has 0 saturated heterocycles.